The van der Waals surface area contributed by atoms with E-state index in [0.29, 0.717) is 27.9 Å². The number of anilines is 1. The largest absolute Gasteiger partial charge is 0.454 e. The van der Waals surface area contributed by atoms with Crippen molar-refractivity contribution in [2.75, 3.05) is 12.1 Å². The Bertz CT molecular complexity index is 1450. The highest BCUT2D eigenvalue weighted by molar-refractivity contribution is 8.15. The second-order valence-electron chi connectivity index (χ2n) is 9.29. The van der Waals surface area contributed by atoms with Crippen LogP contribution >= 0.6 is 11.8 Å². The van der Waals surface area contributed by atoms with Gasteiger partial charge in [0, 0.05) is 17.7 Å². The number of carbonyl (C=O) groups is 3. The Hall–Kier alpha value is -4.11. The fourth-order valence-electron chi connectivity index (χ4n) is 4.30. The predicted molar refractivity (Wildman–Crippen MR) is 147 cm³/mol. The number of thioether (sulfide) groups is 1. The summed E-state index contributed by atoms with van der Waals surface area (Å²) in [5.74, 6) is 0.793. The van der Waals surface area contributed by atoms with E-state index in [2.05, 4.69) is 5.32 Å². The Labute approximate surface area is 225 Å². The van der Waals surface area contributed by atoms with Crippen LogP contribution in [-0.4, -0.2) is 39.7 Å². The summed E-state index contributed by atoms with van der Waals surface area (Å²) in [7, 11) is 0. The van der Waals surface area contributed by atoms with Crippen molar-refractivity contribution in [1.29, 1.82) is 0 Å². The smallest absolute Gasteiger partial charge is 0.242 e. The quantitative estimate of drug-likeness (QED) is 0.412. The van der Waals surface area contributed by atoms with E-state index in [1.54, 1.807) is 29.2 Å². The number of amidine groups is 1. The number of nitrogens with one attached hydrogen (secondary N) is 1. The van der Waals surface area contributed by atoms with Crippen LogP contribution in [0.3, 0.4) is 0 Å². The number of benzene rings is 3. The first-order valence-electron chi connectivity index (χ1n) is 12.2. The highest BCUT2D eigenvalue weighted by atomic mass is 32.2. The van der Waals surface area contributed by atoms with Crippen LogP contribution in [0.5, 0.6) is 11.5 Å². The van der Waals surface area contributed by atoms with Gasteiger partial charge < -0.3 is 14.8 Å². The van der Waals surface area contributed by atoms with Crippen molar-refractivity contribution in [3.05, 3.63) is 82.9 Å². The van der Waals surface area contributed by atoms with Crippen molar-refractivity contribution in [1.82, 2.24) is 4.90 Å². The molecule has 1 N–H and O–H groups in total. The fourth-order valence-corrected chi connectivity index (χ4v) is 5.45. The molecule has 2 amide bonds. The molecule has 0 bridgehead atoms. The Morgan fingerprint density at radius 2 is 1.79 bits per heavy atom. The Morgan fingerprint density at radius 3 is 2.53 bits per heavy atom. The molecule has 1 saturated heterocycles. The van der Waals surface area contributed by atoms with E-state index in [1.807, 2.05) is 50.2 Å². The van der Waals surface area contributed by atoms with E-state index in [0.717, 1.165) is 22.4 Å². The molecular weight excluding hydrogens is 502 g/mol. The molecule has 0 aromatic heterocycles. The van der Waals surface area contributed by atoms with E-state index in [9.17, 15) is 14.4 Å². The van der Waals surface area contributed by atoms with Crippen molar-refractivity contribution in [3.63, 3.8) is 0 Å². The normalized spacial score (nSPS) is 17.2. The van der Waals surface area contributed by atoms with Gasteiger partial charge in [0.15, 0.2) is 22.4 Å². The number of hydrogen-bond donors (Lipinski definition) is 1. The highest BCUT2D eigenvalue weighted by Gasteiger charge is 2.39. The van der Waals surface area contributed by atoms with Crippen molar-refractivity contribution >= 4 is 45.9 Å². The van der Waals surface area contributed by atoms with Gasteiger partial charge in [0.25, 0.3) is 0 Å². The zero-order valence-corrected chi connectivity index (χ0v) is 22.1. The second kappa shape index (κ2) is 10.7. The van der Waals surface area contributed by atoms with Crippen LogP contribution in [0, 0.1) is 13.8 Å². The van der Waals surface area contributed by atoms with E-state index in [4.69, 9.17) is 14.5 Å². The summed E-state index contributed by atoms with van der Waals surface area (Å²) in [5, 5.41) is 2.75. The molecule has 0 spiro atoms. The van der Waals surface area contributed by atoms with Gasteiger partial charge in [-0.2, -0.15) is 0 Å². The first kappa shape index (κ1) is 25.5. The molecule has 194 valence electrons. The predicted octanol–water partition coefficient (Wildman–Crippen LogP) is 5.40. The minimum atomic E-state index is -0.620. The first-order valence-corrected chi connectivity index (χ1v) is 13.1. The number of carbonyl (C=O) groups excluding carboxylic acids is 3. The van der Waals surface area contributed by atoms with Crippen LogP contribution in [0.1, 0.15) is 40.4 Å². The number of hydrogen-bond acceptors (Lipinski definition) is 7. The number of rotatable bonds is 7. The van der Waals surface area contributed by atoms with Crippen molar-refractivity contribution in [2.45, 2.75) is 39.0 Å². The van der Waals surface area contributed by atoms with Crippen LogP contribution in [0.4, 0.5) is 11.4 Å². The summed E-state index contributed by atoms with van der Waals surface area (Å²) in [6, 6.07) is 18.2. The summed E-state index contributed by atoms with van der Waals surface area (Å²) in [4.78, 5) is 44.4. The van der Waals surface area contributed by atoms with Gasteiger partial charge in [0.1, 0.15) is 5.25 Å². The minimum absolute atomic E-state index is 0.0124. The molecule has 8 nitrogen and oxygen atoms in total. The molecule has 9 heteroatoms. The molecule has 1 atom stereocenters. The lowest BCUT2D eigenvalue weighted by molar-refractivity contribution is -0.128. The molecule has 2 heterocycles. The summed E-state index contributed by atoms with van der Waals surface area (Å²) in [6.45, 7) is 5.95. The van der Waals surface area contributed by atoms with Gasteiger partial charge in [-0.15, -0.1) is 0 Å². The van der Waals surface area contributed by atoms with E-state index >= 15 is 0 Å². The molecule has 0 aliphatic carbocycles. The maximum absolute atomic E-state index is 13.5. The molecule has 0 radical (unpaired) electrons. The van der Waals surface area contributed by atoms with Gasteiger partial charge in [0.05, 0.1) is 12.2 Å². The number of aliphatic imine (C=N–C) groups is 1. The number of aryl methyl sites for hydroxylation is 2. The van der Waals surface area contributed by atoms with Gasteiger partial charge in [-0.05, 0) is 74.4 Å². The average molecular weight is 530 g/mol. The maximum atomic E-state index is 13.5. The molecule has 38 heavy (non-hydrogen) atoms. The van der Waals surface area contributed by atoms with E-state index in [-0.39, 0.29) is 37.4 Å². The van der Waals surface area contributed by atoms with Gasteiger partial charge in [-0.3, -0.25) is 19.3 Å². The summed E-state index contributed by atoms with van der Waals surface area (Å²) in [5.41, 5.74) is 4.91. The van der Waals surface area contributed by atoms with E-state index in [1.165, 1.54) is 18.7 Å². The van der Waals surface area contributed by atoms with Crippen LogP contribution < -0.4 is 14.8 Å². The number of amides is 2. The second-order valence-corrected chi connectivity index (χ2v) is 10.5. The Balaban J connectivity index is 1.36. The van der Waals surface area contributed by atoms with E-state index < -0.39 is 5.25 Å². The molecule has 2 aliphatic heterocycles. The SMILES string of the molecule is CC(=O)c1ccc(NC(=O)C[C@H]2SC(=Nc3ccc(C)cc3C)N(Cc3ccc4c(c3)OCO4)C2=O)cc1. The van der Waals surface area contributed by atoms with Gasteiger partial charge in [-0.25, -0.2) is 4.99 Å². The highest BCUT2D eigenvalue weighted by Crippen LogP contribution is 2.36. The molecule has 0 unspecified atom stereocenters. The first-order chi connectivity index (χ1) is 18.3. The van der Waals surface area contributed by atoms with Crippen LogP contribution in [0.15, 0.2) is 65.7 Å². The van der Waals surface area contributed by atoms with Crippen LogP contribution in [-0.2, 0) is 16.1 Å². The third-order valence-electron chi connectivity index (χ3n) is 6.31. The van der Waals surface area contributed by atoms with Crippen molar-refractivity contribution in [3.8, 4) is 11.5 Å². The molecule has 3 aromatic carbocycles. The van der Waals surface area contributed by atoms with Crippen LogP contribution in [0.25, 0.3) is 0 Å². The minimum Gasteiger partial charge on any atom is -0.454 e. The number of nitrogens with zero attached hydrogens (tertiary/aromatic N) is 2. The number of ketones is 1. The van der Waals surface area contributed by atoms with Gasteiger partial charge >= 0.3 is 0 Å². The third kappa shape index (κ3) is 5.57. The number of Topliss-reactive ketones (excluding diaryl/α,β-unsaturated/α-hetero) is 1. The van der Waals surface area contributed by atoms with Crippen LogP contribution in [0.2, 0.25) is 0 Å². The Morgan fingerprint density at radius 1 is 1.03 bits per heavy atom. The van der Waals surface area contributed by atoms with Crippen molar-refractivity contribution in [2.24, 2.45) is 4.99 Å². The fraction of sp³-hybridized carbons (Fsp3) is 0.241. The Kier molecular flexibility index (Phi) is 7.20. The molecule has 3 aromatic rings. The maximum Gasteiger partial charge on any atom is 0.242 e. The molecule has 2 aliphatic rings. The monoisotopic (exact) mass is 529 g/mol. The zero-order chi connectivity index (χ0) is 26.8. The summed E-state index contributed by atoms with van der Waals surface area (Å²) < 4.78 is 10.9. The third-order valence-corrected chi connectivity index (χ3v) is 7.49. The average Bonchev–Trinajstić information content (AvgIpc) is 3.46. The lowest BCUT2D eigenvalue weighted by atomic mass is 10.1. The number of fused-ring (bicyclic) bond motifs is 1. The standard InChI is InChI=1S/C29H27N3O5S/c1-17-4-10-23(18(2)12-17)31-29-32(15-20-5-11-24-25(13-20)37-16-36-24)28(35)26(38-29)14-27(34)30-22-8-6-21(7-9-22)19(3)33/h4-13,26H,14-16H2,1-3H3,(H,30,34)/t26-/m1/s1. The topological polar surface area (TPSA) is 97.3 Å². The van der Waals surface area contributed by atoms with Crippen molar-refractivity contribution < 1.29 is 23.9 Å². The molecule has 0 saturated carbocycles. The number of ether oxygens (including phenoxy) is 2. The zero-order valence-electron chi connectivity index (χ0n) is 21.3. The molecular formula is C29H27N3O5S. The molecule has 5 rings (SSSR count). The van der Waals surface area contributed by atoms with Gasteiger partial charge in [0.2, 0.25) is 18.6 Å². The van der Waals surface area contributed by atoms with Gasteiger partial charge in [-0.1, -0.05) is 35.5 Å². The molecule has 1 fully saturated rings. The summed E-state index contributed by atoms with van der Waals surface area (Å²) >= 11 is 1.29. The lowest BCUT2D eigenvalue weighted by Crippen LogP contribution is -2.33. The summed E-state index contributed by atoms with van der Waals surface area (Å²) in [6.07, 6.45) is -0.0124. The lowest BCUT2D eigenvalue weighted by Gasteiger charge is -2.17.